The van der Waals surface area contributed by atoms with Gasteiger partial charge in [0.1, 0.15) is 22.0 Å². The summed E-state index contributed by atoms with van der Waals surface area (Å²) in [4.78, 5) is 29.1. The van der Waals surface area contributed by atoms with Gasteiger partial charge >= 0.3 is 6.09 Å². The smallest absolute Gasteiger partial charge is 0.410 e. The van der Waals surface area contributed by atoms with Crippen molar-refractivity contribution in [2.75, 3.05) is 25.5 Å². The summed E-state index contributed by atoms with van der Waals surface area (Å²) in [6, 6.07) is 10.0. The van der Waals surface area contributed by atoms with E-state index in [1.807, 2.05) is 51.1 Å². The molecule has 2 aromatic heterocycles. The number of rotatable bonds is 6. The summed E-state index contributed by atoms with van der Waals surface area (Å²) >= 11 is 1.44. The highest BCUT2D eigenvalue weighted by Crippen LogP contribution is 2.43. The third-order valence-corrected chi connectivity index (χ3v) is 7.70. The molecule has 1 aromatic carbocycles. The SMILES string of the molecule is COc1ccc(-c2nc(C3(O)CCN(C(=O)OC(C)(C)C)CC3)sc2-c2ccnc(NC3CC3)n2)cc1. The van der Waals surface area contributed by atoms with Gasteiger partial charge in [-0.1, -0.05) is 0 Å². The molecule has 0 bridgehead atoms. The van der Waals surface area contributed by atoms with Crippen molar-refractivity contribution in [3.05, 3.63) is 41.5 Å². The number of carbonyl (C=O) groups is 1. The van der Waals surface area contributed by atoms with Gasteiger partial charge in [-0.25, -0.2) is 19.7 Å². The molecule has 5 rings (SSSR count). The summed E-state index contributed by atoms with van der Waals surface area (Å²) in [5.74, 6) is 1.35. The molecule has 1 saturated heterocycles. The molecule has 1 aliphatic carbocycles. The first kappa shape index (κ1) is 25.4. The van der Waals surface area contributed by atoms with Crippen LogP contribution in [0.15, 0.2) is 36.5 Å². The quantitative estimate of drug-likeness (QED) is 0.461. The minimum Gasteiger partial charge on any atom is -0.497 e. The Morgan fingerprint density at radius 3 is 2.46 bits per heavy atom. The number of aliphatic hydroxyl groups is 1. The third kappa shape index (κ3) is 5.86. The van der Waals surface area contributed by atoms with Crippen molar-refractivity contribution >= 4 is 23.4 Å². The molecule has 1 aliphatic heterocycles. The minimum absolute atomic E-state index is 0.357. The van der Waals surface area contributed by atoms with Crippen LogP contribution in [0.3, 0.4) is 0 Å². The van der Waals surface area contributed by atoms with Gasteiger partial charge < -0.3 is 24.8 Å². The lowest BCUT2D eigenvalue weighted by atomic mass is 9.92. The summed E-state index contributed by atoms with van der Waals surface area (Å²) in [5, 5.41) is 15.6. The number of ether oxygens (including phenoxy) is 2. The number of amides is 1. The molecule has 2 aliphatic rings. The molecule has 1 amide bonds. The fourth-order valence-corrected chi connectivity index (χ4v) is 5.40. The molecule has 37 heavy (non-hydrogen) atoms. The van der Waals surface area contributed by atoms with Gasteiger partial charge in [0, 0.05) is 43.7 Å². The fraction of sp³-hybridized carbons (Fsp3) is 0.481. The molecular weight excluding hydrogens is 490 g/mol. The van der Waals surface area contributed by atoms with Crippen LogP contribution in [0.25, 0.3) is 21.8 Å². The summed E-state index contributed by atoms with van der Waals surface area (Å²) in [5.41, 5.74) is 0.699. The van der Waals surface area contributed by atoms with Crippen LogP contribution in [0.1, 0.15) is 51.5 Å². The number of nitrogens with zero attached hydrogens (tertiary/aromatic N) is 4. The Morgan fingerprint density at radius 2 is 1.84 bits per heavy atom. The largest absolute Gasteiger partial charge is 0.497 e. The maximum atomic E-state index is 12.5. The zero-order valence-electron chi connectivity index (χ0n) is 21.7. The van der Waals surface area contributed by atoms with E-state index in [4.69, 9.17) is 19.4 Å². The van der Waals surface area contributed by atoms with Crippen LogP contribution in [0.5, 0.6) is 5.75 Å². The van der Waals surface area contributed by atoms with E-state index in [9.17, 15) is 9.90 Å². The average Bonchev–Trinajstić information content (AvgIpc) is 3.56. The second-order valence-electron chi connectivity index (χ2n) is 10.6. The lowest BCUT2D eigenvalue weighted by Crippen LogP contribution is -2.46. The van der Waals surface area contributed by atoms with E-state index < -0.39 is 11.2 Å². The van der Waals surface area contributed by atoms with Crippen LogP contribution in [0.2, 0.25) is 0 Å². The summed E-state index contributed by atoms with van der Waals surface area (Å²) in [7, 11) is 1.63. The number of benzene rings is 1. The van der Waals surface area contributed by atoms with Crippen molar-refractivity contribution in [1.29, 1.82) is 0 Å². The molecule has 2 fully saturated rings. The first-order chi connectivity index (χ1) is 17.6. The summed E-state index contributed by atoms with van der Waals surface area (Å²) < 4.78 is 10.8. The van der Waals surface area contributed by atoms with E-state index in [2.05, 4.69) is 10.3 Å². The van der Waals surface area contributed by atoms with E-state index in [-0.39, 0.29) is 6.09 Å². The highest BCUT2D eigenvalue weighted by atomic mass is 32.1. The number of anilines is 1. The van der Waals surface area contributed by atoms with Gasteiger partial charge in [0.2, 0.25) is 5.95 Å². The van der Waals surface area contributed by atoms with Gasteiger partial charge in [-0.3, -0.25) is 0 Å². The zero-order chi connectivity index (χ0) is 26.2. The van der Waals surface area contributed by atoms with Crippen LogP contribution in [0.4, 0.5) is 10.7 Å². The van der Waals surface area contributed by atoms with Crippen LogP contribution in [-0.4, -0.2) is 62.9 Å². The number of hydrogen-bond acceptors (Lipinski definition) is 9. The van der Waals surface area contributed by atoms with Crippen LogP contribution in [0, 0.1) is 0 Å². The highest BCUT2D eigenvalue weighted by molar-refractivity contribution is 7.15. The number of aromatic nitrogens is 3. The van der Waals surface area contributed by atoms with E-state index >= 15 is 0 Å². The van der Waals surface area contributed by atoms with Gasteiger partial charge in [0.15, 0.2) is 0 Å². The Hall–Kier alpha value is -3.24. The molecule has 10 heteroatoms. The maximum absolute atomic E-state index is 12.5. The second kappa shape index (κ2) is 9.90. The lowest BCUT2D eigenvalue weighted by molar-refractivity contribution is -0.0356. The molecule has 0 unspecified atom stereocenters. The lowest BCUT2D eigenvalue weighted by Gasteiger charge is -2.37. The first-order valence-electron chi connectivity index (χ1n) is 12.6. The highest BCUT2D eigenvalue weighted by Gasteiger charge is 2.40. The predicted octanol–water partition coefficient (Wildman–Crippen LogP) is 5.07. The Kier molecular flexibility index (Phi) is 6.80. The number of thiazole rings is 1. The van der Waals surface area contributed by atoms with Crippen molar-refractivity contribution in [2.24, 2.45) is 0 Å². The van der Waals surface area contributed by atoms with Gasteiger partial charge in [0.05, 0.1) is 23.4 Å². The second-order valence-corrected chi connectivity index (χ2v) is 11.6. The third-order valence-electron chi connectivity index (χ3n) is 6.43. The molecule has 0 atom stereocenters. The predicted molar refractivity (Wildman–Crippen MR) is 143 cm³/mol. The van der Waals surface area contributed by atoms with Gasteiger partial charge in [0.25, 0.3) is 0 Å². The first-order valence-corrected chi connectivity index (χ1v) is 13.4. The van der Waals surface area contributed by atoms with Crippen LogP contribution < -0.4 is 10.1 Å². The van der Waals surface area contributed by atoms with E-state index in [0.717, 1.165) is 40.4 Å². The van der Waals surface area contributed by atoms with E-state index in [1.165, 1.54) is 11.3 Å². The monoisotopic (exact) mass is 523 g/mol. The van der Waals surface area contributed by atoms with E-state index in [1.54, 1.807) is 18.2 Å². The molecule has 3 heterocycles. The van der Waals surface area contributed by atoms with Gasteiger partial charge in [-0.15, -0.1) is 11.3 Å². The van der Waals surface area contributed by atoms with Crippen molar-refractivity contribution in [3.8, 4) is 27.6 Å². The maximum Gasteiger partial charge on any atom is 0.410 e. The van der Waals surface area contributed by atoms with Crippen LogP contribution in [-0.2, 0) is 10.3 Å². The number of piperidine rings is 1. The average molecular weight is 524 g/mol. The number of likely N-dealkylation sites (tertiary alicyclic amines) is 1. The fourth-order valence-electron chi connectivity index (χ4n) is 4.20. The standard InChI is InChI=1S/C27H33N5O4S/c1-26(2,3)36-25(33)32-15-12-27(34,13-16-32)23-31-21(17-5-9-19(35-4)10-6-17)22(37-23)20-11-14-28-24(30-20)29-18-7-8-18/h5-6,9-11,14,18,34H,7-8,12-13,15-16H2,1-4H3,(H,28,29,30). The number of methoxy groups -OCH3 is 1. The molecule has 196 valence electrons. The number of carbonyl (C=O) groups excluding carboxylic acids is 1. The molecule has 9 nitrogen and oxygen atoms in total. The van der Waals surface area contributed by atoms with Crippen molar-refractivity contribution in [3.63, 3.8) is 0 Å². The molecule has 3 aromatic rings. The van der Waals surface area contributed by atoms with Crippen molar-refractivity contribution < 1.29 is 19.4 Å². The van der Waals surface area contributed by atoms with Crippen molar-refractivity contribution in [1.82, 2.24) is 19.9 Å². The van der Waals surface area contributed by atoms with Crippen LogP contribution >= 0.6 is 11.3 Å². The molecule has 0 spiro atoms. The number of hydrogen-bond donors (Lipinski definition) is 2. The Balaban J connectivity index is 1.45. The summed E-state index contributed by atoms with van der Waals surface area (Å²) in [6.45, 7) is 6.33. The minimum atomic E-state index is -1.15. The molecule has 0 radical (unpaired) electrons. The molecule has 2 N–H and O–H groups in total. The zero-order valence-corrected chi connectivity index (χ0v) is 22.5. The molecule has 1 saturated carbocycles. The Morgan fingerprint density at radius 1 is 1.14 bits per heavy atom. The topological polar surface area (TPSA) is 110 Å². The van der Waals surface area contributed by atoms with Gasteiger partial charge in [-0.2, -0.15) is 0 Å². The van der Waals surface area contributed by atoms with Crippen molar-refractivity contribution in [2.45, 2.75) is 63.7 Å². The van der Waals surface area contributed by atoms with E-state index in [0.29, 0.717) is 42.9 Å². The summed E-state index contributed by atoms with van der Waals surface area (Å²) in [6.07, 6.45) is 4.40. The molecular formula is C27H33N5O4S. The Bertz CT molecular complexity index is 1260. The normalized spacial score (nSPS) is 17.4. The Labute approximate surface area is 220 Å². The number of nitrogens with one attached hydrogen (secondary N) is 1. The van der Waals surface area contributed by atoms with Gasteiger partial charge in [-0.05, 0) is 63.9 Å².